The fraction of sp³-hybridized carbons (Fsp3) is 0.700. The normalized spacial score (nSPS) is 17.5. The third kappa shape index (κ3) is 5.14. The van der Waals surface area contributed by atoms with Crippen LogP contribution in [0, 0.1) is 5.92 Å². The van der Waals surface area contributed by atoms with Gasteiger partial charge in [0.2, 0.25) is 0 Å². The van der Waals surface area contributed by atoms with Gasteiger partial charge in [-0.05, 0) is 48.8 Å². The van der Waals surface area contributed by atoms with Crippen molar-refractivity contribution in [2.45, 2.75) is 77.7 Å². The Hall–Kier alpha value is -0.820. The molecule has 1 unspecified atom stereocenters. The summed E-state index contributed by atoms with van der Waals surface area (Å²) in [5.74, 6) is 1.62. The minimum atomic E-state index is 0.548. The van der Waals surface area contributed by atoms with Crippen molar-refractivity contribution >= 4 is 0 Å². The molecule has 1 nitrogen and oxygen atoms in total. The van der Waals surface area contributed by atoms with Crippen LogP contribution in [0.2, 0.25) is 0 Å². The second-order valence-electron chi connectivity index (χ2n) is 7.06. The van der Waals surface area contributed by atoms with Crippen LogP contribution in [0.5, 0.6) is 0 Å². The molecule has 0 aliphatic heterocycles. The minimum absolute atomic E-state index is 0.548. The summed E-state index contributed by atoms with van der Waals surface area (Å²) in [4.78, 5) is 0. The van der Waals surface area contributed by atoms with Crippen molar-refractivity contribution in [1.82, 2.24) is 5.32 Å². The first-order valence-electron chi connectivity index (χ1n) is 9.04. The molecular formula is C20H33N. The predicted octanol–water partition coefficient (Wildman–Crippen LogP) is 5.82. The standard InChI is InChI=1S/C20H33N/c1-4-15-21-20(14-9-17-7-5-6-8-17)19-12-10-18(11-13-19)16(2)3/h10-13,16-17,20-21H,4-9,14-15H2,1-3H3. The number of hydrogen-bond donors (Lipinski definition) is 1. The van der Waals surface area contributed by atoms with Gasteiger partial charge >= 0.3 is 0 Å². The Morgan fingerprint density at radius 3 is 2.24 bits per heavy atom. The molecule has 1 aromatic rings. The highest BCUT2D eigenvalue weighted by Gasteiger charge is 2.18. The van der Waals surface area contributed by atoms with Crippen molar-refractivity contribution < 1.29 is 0 Å². The molecule has 0 spiro atoms. The van der Waals surface area contributed by atoms with Gasteiger partial charge in [-0.3, -0.25) is 0 Å². The van der Waals surface area contributed by atoms with Gasteiger partial charge in [-0.15, -0.1) is 0 Å². The lowest BCUT2D eigenvalue weighted by molar-refractivity contribution is 0.412. The summed E-state index contributed by atoms with van der Waals surface area (Å²) in [5, 5.41) is 3.76. The summed E-state index contributed by atoms with van der Waals surface area (Å²) < 4.78 is 0. The molecule has 21 heavy (non-hydrogen) atoms. The summed E-state index contributed by atoms with van der Waals surface area (Å²) in [7, 11) is 0. The molecule has 2 rings (SSSR count). The Morgan fingerprint density at radius 2 is 1.67 bits per heavy atom. The molecule has 1 saturated carbocycles. The van der Waals surface area contributed by atoms with E-state index >= 15 is 0 Å². The Kier molecular flexibility index (Phi) is 6.76. The third-order valence-electron chi connectivity index (χ3n) is 4.98. The topological polar surface area (TPSA) is 12.0 Å². The molecule has 0 aromatic heterocycles. The van der Waals surface area contributed by atoms with E-state index in [4.69, 9.17) is 0 Å². The maximum Gasteiger partial charge on any atom is 0.0320 e. The first kappa shape index (κ1) is 16.5. The van der Waals surface area contributed by atoms with E-state index in [0.717, 1.165) is 12.5 Å². The fourth-order valence-corrected chi connectivity index (χ4v) is 3.52. The molecule has 0 saturated heterocycles. The molecule has 1 aliphatic carbocycles. The first-order valence-corrected chi connectivity index (χ1v) is 9.04. The van der Waals surface area contributed by atoms with E-state index in [2.05, 4.69) is 50.4 Å². The van der Waals surface area contributed by atoms with Crippen molar-refractivity contribution in [2.75, 3.05) is 6.54 Å². The molecule has 1 heteroatoms. The van der Waals surface area contributed by atoms with Gasteiger partial charge in [0.15, 0.2) is 0 Å². The molecule has 0 heterocycles. The third-order valence-corrected chi connectivity index (χ3v) is 4.98. The molecule has 1 N–H and O–H groups in total. The molecule has 1 aromatic carbocycles. The average Bonchev–Trinajstić information content (AvgIpc) is 3.01. The summed E-state index contributed by atoms with van der Waals surface area (Å²) in [5.41, 5.74) is 2.93. The lowest BCUT2D eigenvalue weighted by Gasteiger charge is -2.21. The highest BCUT2D eigenvalue weighted by molar-refractivity contribution is 5.26. The van der Waals surface area contributed by atoms with E-state index in [0.29, 0.717) is 12.0 Å². The van der Waals surface area contributed by atoms with Gasteiger partial charge in [0.25, 0.3) is 0 Å². The van der Waals surface area contributed by atoms with E-state index in [1.165, 1.54) is 56.1 Å². The van der Waals surface area contributed by atoms with Crippen LogP contribution >= 0.6 is 0 Å². The molecule has 0 bridgehead atoms. The maximum absolute atomic E-state index is 3.76. The quantitative estimate of drug-likeness (QED) is 0.635. The van der Waals surface area contributed by atoms with Gasteiger partial charge < -0.3 is 5.32 Å². The van der Waals surface area contributed by atoms with Gasteiger partial charge in [-0.25, -0.2) is 0 Å². The van der Waals surface area contributed by atoms with Crippen molar-refractivity contribution in [3.8, 4) is 0 Å². The van der Waals surface area contributed by atoms with Crippen molar-refractivity contribution in [1.29, 1.82) is 0 Å². The smallest absolute Gasteiger partial charge is 0.0320 e. The van der Waals surface area contributed by atoms with E-state index < -0.39 is 0 Å². The van der Waals surface area contributed by atoms with Crippen LogP contribution in [0.4, 0.5) is 0 Å². The van der Waals surface area contributed by atoms with Crippen LogP contribution in [0.15, 0.2) is 24.3 Å². The lowest BCUT2D eigenvalue weighted by atomic mass is 9.93. The molecular weight excluding hydrogens is 254 g/mol. The van der Waals surface area contributed by atoms with Crippen LogP contribution in [-0.4, -0.2) is 6.54 Å². The summed E-state index contributed by atoms with van der Waals surface area (Å²) in [6, 6.07) is 9.87. The number of rotatable bonds is 8. The molecule has 1 aliphatic rings. The molecule has 0 amide bonds. The number of hydrogen-bond acceptors (Lipinski definition) is 1. The Bertz CT molecular complexity index is 387. The Morgan fingerprint density at radius 1 is 1.05 bits per heavy atom. The number of benzene rings is 1. The zero-order valence-electron chi connectivity index (χ0n) is 14.2. The van der Waals surface area contributed by atoms with E-state index in [1.807, 2.05) is 0 Å². The van der Waals surface area contributed by atoms with Gasteiger partial charge in [-0.2, -0.15) is 0 Å². The summed E-state index contributed by atoms with van der Waals surface area (Å²) in [6.45, 7) is 7.91. The number of nitrogens with one attached hydrogen (secondary N) is 1. The highest BCUT2D eigenvalue weighted by atomic mass is 14.9. The fourth-order valence-electron chi connectivity index (χ4n) is 3.52. The lowest BCUT2D eigenvalue weighted by Crippen LogP contribution is -2.22. The largest absolute Gasteiger partial charge is 0.310 e. The van der Waals surface area contributed by atoms with Gasteiger partial charge in [0.1, 0.15) is 0 Å². The van der Waals surface area contributed by atoms with E-state index in [9.17, 15) is 0 Å². The van der Waals surface area contributed by atoms with Crippen LogP contribution in [0.25, 0.3) is 0 Å². The van der Waals surface area contributed by atoms with Gasteiger partial charge in [-0.1, -0.05) is 70.7 Å². The SMILES string of the molecule is CCCNC(CCC1CCCC1)c1ccc(C(C)C)cc1. The Labute approximate surface area is 131 Å². The molecule has 1 atom stereocenters. The average molecular weight is 287 g/mol. The monoisotopic (exact) mass is 287 g/mol. The zero-order chi connectivity index (χ0) is 15.1. The molecule has 118 valence electrons. The van der Waals surface area contributed by atoms with Crippen LogP contribution < -0.4 is 5.32 Å². The summed E-state index contributed by atoms with van der Waals surface area (Å²) in [6.07, 6.45) is 9.75. The van der Waals surface area contributed by atoms with Gasteiger partial charge in [0.05, 0.1) is 0 Å². The Balaban J connectivity index is 1.96. The minimum Gasteiger partial charge on any atom is -0.310 e. The van der Waals surface area contributed by atoms with E-state index in [1.54, 1.807) is 0 Å². The molecule has 1 fully saturated rings. The second kappa shape index (κ2) is 8.58. The maximum atomic E-state index is 3.76. The van der Waals surface area contributed by atoms with Crippen LogP contribution in [-0.2, 0) is 0 Å². The summed E-state index contributed by atoms with van der Waals surface area (Å²) >= 11 is 0. The molecule has 0 radical (unpaired) electrons. The van der Waals surface area contributed by atoms with Crippen LogP contribution in [0.1, 0.15) is 88.8 Å². The van der Waals surface area contributed by atoms with Gasteiger partial charge in [0, 0.05) is 6.04 Å². The first-order chi connectivity index (χ1) is 10.2. The van der Waals surface area contributed by atoms with Crippen molar-refractivity contribution in [2.24, 2.45) is 5.92 Å². The van der Waals surface area contributed by atoms with Crippen LogP contribution in [0.3, 0.4) is 0 Å². The van der Waals surface area contributed by atoms with Crippen molar-refractivity contribution in [3.05, 3.63) is 35.4 Å². The predicted molar refractivity (Wildman–Crippen MR) is 92.8 cm³/mol. The van der Waals surface area contributed by atoms with E-state index in [-0.39, 0.29) is 0 Å². The highest BCUT2D eigenvalue weighted by Crippen LogP contribution is 2.31. The second-order valence-corrected chi connectivity index (χ2v) is 7.06. The zero-order valence-corrected chi connectivity index (χ0v) is 14.2. The van der Waals surface area contributed by atoms with Crippen molar-refractivity contribution in [3.63, 3.8) is 0 Å².